The summed E-state index contributed by atoms with van der Waals surface area (Å²) in [6.07, 6.45) is 4.30. The van der Waals surface area contributed by atoms with Gasteiger partial charge in [0.25, 0.3) is 0 Å². The molecule has 0 aromatic carbocycles. The number of rotatable bonds is 5. The molecule has 0 spiro atoms. The lowest BCUT2D eigenvalue weighted by Gasteiger charge is -2.34. The second kappa shape index (κ2) is 8.53. The third-order valence-corrected chi connectivity index (χ3v) is 6.21. The molecule has 4 rings (SSSR count). The van der Waals surface area contributed by atoms with Crippen LogP contribution >= 0.6 is 0 Å². The van der Waals surface area contributed by atoms with Crippen LogP contribution in [0.25, 0.3) is 0 Å². The molecule has 0 bridgehead atoms. The normalized spacial score (nSPS) is 20.4. The number of piperazine rings is 1. The highest BCUT2D eigenvalue weighted by atomic mass is 16.2. The van der Waals surface area contributed by atoms with Gasteiger partial charge in [0.1, 0.15) is 0 Å². The summed E-state index contributed by atoms with van der Waals surface area (Å²) in [7, 11) is 2.17. The topological polar surface area (TPSA) is 57.5 Å². The summed E-state index contributed by atoms with van der Waals surface area (Å²) in [5.41, 5.74) is 4.41. The van der Waals surface area contributed by atoms with Crippen LogP contribution in [0.3, 0.4) is 0 Å². The summed E-state index contributed by atoms with van der Waals surface area (Å²) in [5.74, 6) is 0.201. The van der Waals surface area contributed by atoms with Gasteiger partial charge in [-0.15, -0.1) is 0 Å². The van der Waals surface area contributed by atoms with E-state index in [4.69, 9.17) is 4.98 Å². The molecular formula is C22H32N6O. The van der Waals surface area contributed by atoms with Gasteiger partial charge in [-0.05, 0) is 51.9 Å². The Labute approximate surface area is 173 Å². The average molecular weight is 397 g/mol. The predicted octanol–water partition coefficient (Wildman–Crippen LogP) is 2.40. The highest BCUT2D eigenvalue weighted by Gasteiger charge is 2.31. The van der Waals surface area contributed by atoms with Crippen LogP contribution in [0, 0.1) is 13.8 Å². The van der Waals surface area contributed by atoms with Crippen LogP contribution in [-0.2, 0) is 11.3 Å². The summed E-state index contributed by atoms with van der Waals surface area (Å²) >= 11 is 0. The minimum atomic E-state index is 0.0901. The van der Waals surface area contributed by atoms with Crippen molar-refractivity contribution in [2.24, 2.45) is 0 Å². The molecule has 2 fully saturated rings. The molecule has 0 radical (unpaired) electrons. The van der Waals surface area contributed by atoms with Gasteiger partial charge < -0.3 is 14.7 Å². The second-order valence-electron chi connectivity index (χ2n) is 8.37. The van der Waals surface area contributed by atoms with Gasteiger partial charge in [-0.2, -0.15) is 5.10 Å². The predicted molar refractivity (Wildman–Crippen MR) is 114 cm³/mol. The summed E-state index contributed by atoms with van der Waals surface area (Å²) in [4.78, 5) is 24.7. The molecule has 0 aliphatic carbocycles. The van der Waals surface area contributed by atoms with Crippen molar-refractivity contribution in [3.63, 3.8) is 0 Å². The van der Waals surface area contributed by atoms with Crippen LogP contribution in [0.1, 0.15) is 42.4 Å². The first kappa shape index (κ1) is 19.9. The zero-order valence-corrected chi connectivity index (χ0v) is 17.8. The number of carbonyl (C=O) groups excluding carboxylic acids is 1. The van der Waals surface area contributed by atoms with Crippen LogP contribution in [0.5, 0.6) is 0 Å². The second-order valence-corrected chi connectivity index (χ2v) is 8.37. The third kappa shape index (κ3) is 4.45. The molecule has 2 aliphatic heterocycles. The van der Waals surface area contributed by atoms with Crippen molar-refractivity contribution in [3.05, 3.63) is 41.5 Å². The average Bonchev–Trinajstić information content (AvgIpc) is 3.35. The highest BCUT2D eigenvalue weighted by Crippen LogP contribution is 2.33. The van der Waals surface area contributed by atoms with E-state index >= 15 is 0 Å². The molecule has 1 amide bonds. The van der Waals surface area contributed by atoms with Crippen molar-refractivity contribution in [1.29, 1.82) is 0 Å². The fraction of sp³-hybridized carbons (Fsp3) is 0.591. The summed E-state index contributed by atoms with van der Waals surface area (Å²) < 4.78 is 1.90. The van der Waals surface area contributed by atoms with Gasteiger partial charge >= 0.3 is 0 Å². The molecule has 7 nitrogen and oxygen atoms in total. The van der Waals surface area contributed by atoms with Crippen LogP contribution in [-0.4, -0.2) is 70.2 Å². The van der Waals surface area contributed by atoms with Crippen molar-refractivity contribution in [1.82, 2.24) is 24.6 Å². The Balaban J connectivity index is 1.47. The summed E-state index contributed by atoms with van der Waals surface area (Å²) in [6.45, 7) is 9.77. The molecule has 4 heterocycles. The number of hydrogen-bond acceptors (Lipinski definition) is 5. The maximum Gasteiger partial charge on any atom is 0.224 e. The Morgan fingerprint density at radius 3 is 2.66 bits per heavy atom. The van der Waals surface area contributed by atoms with Crippen molar-refractivity contribution in [2.45, 2.75) is 45.7 Å². The van der Waals surface area contributed by atoms with E-state index in [2.05, 4.69) is 41.0 Å². The van der Waals surface area contributed by atoms with Gasteiger partial charge in [-0.3, -0.25) is 14.5 Å². The molecule has 7 heteroatoms. The van der Waals surface area contributed by atoms with E-state index in [9.17, 15) is 4.79 Å². The zero-order valence-electron chi connectivity index (χ0n) is 17.8. The van der Waals surface area contributed by atoms with Gasteiger partial charge in [0.05, 0.1) is 11.7 Å². The molecule has 2 aromatic heterocycles. The fourth-order valence-corrected chi connectivity index (χ4v) is 4.44. The molecule has 2 aliphatic rings. The van der Waals surface area contributed by atoms with Gasteiger partial charge in [0.2, 0.25) is 5.91 Å². The van der Waals surface area contributed by atoms with Gasteiger partial charge in [-0.25, -0.2) is 0 Å². The Bertz CT molecular complexity index is 855. The highest BCUT2D eigenvalue weighted by molar-refractivity contribution is 5.77. The molecule has 0 unspecified atom stereocenters. The lowest BCUT2D eigenvalue weighted by atomic mass is 10.1. The molecule has 29 heavy (non-hydrogen) atoms. The number of amides is 1. The first-order chi connectivity index (χ1) is 14.0. The fourth-order valence-electron chi connectivity index (χ4n) is 4.44. The molecule has 0 saturated carbocycles. The molecule has 156 valence electrons. The van der Waals surface area contributed by atoms with Gasteiger partial charge in [0.15, 0.2) is 0 Å². The van der Waals surface area contributed by atoms with E-state index < -0.39 is 0 Å². The van der Waals surface area contributed by atoms with Crippen LogP contribution in [0.4, 0.5) is 5.69 Å². The Kier molecular flexibility index (Phi) is 5.85. The Morgan fingerprint density at radius 2 is 1.93 bits per heavy atom. The number of likely N-dealkylation sites (tertiary alicyclic amines) is 1. The van der Waals surface area contributed by atoms with E-state index in [1.165, 1.54) is 5.69 Å². The lowest BCUT2D eigenvalue weighted by molar-refractivity contribution is -0.132. The summed E-state index contributed by atoms with van der Waals surface area (Å²) in [6, 6.07) is 6.45. The van der Waals surface area contributed by atoms with Crippen molar-refractivity contribution in [2.75, 3.05) is 44.7 Å². The smallest absolute Gasteiger partial charge is 0.224 e. The monoisotopic (exact) mass is 396 g/mol. The maximum absolute atomic E-state index is 13.0. The quantitative estimate of drug-likeness (QED) is 0.777. The van der Waals surface area contributed by atoms with Crippen LogP contribution in [0.2, 0.25) is 0 Å². The zero-order chi connectivity index (χ0) is 20.4. The third-order valence-electron chi connectivity index (χ3n) is 6.21. The van der Waals surface area contributed by atoms with Crippen LogP contribution in [0.15, 0.2) is 24.4 Å². The first-order valence-electron chi connectivity index (χ1n) is 10.7. The first-order valence-corrected chi connectivity index (χ1v) is 10.7. The van der Waals surface area contributed by atoms with Gasteiger partial charge in [0, 0.05) is 69.0 Å². The van der Waals surface area contributed by atoms with Gasteiger partial charge in [-0.1, -0.05) is 0 Å². The number of nitrogens with zero attached hydrogens (tertiary/aromatic N) is 6. The van der Waals surface area contributed by atoms with E-state index in [1.807, 2.05) is 22.6 Å². The lowest BCUT2D eigenvalue weighted by Crippen LogP contribution is -2.44. The summed E-state index contributed by atoms with van der Waals surface area (Å²) in [5, 5.41) is 4.30. The number of carbonyl (C=O) groups is 1. The van der Waals surface area contributed by atoms with E-state index in [0.29, 0.717) is 13.0 Å². The van der Waals surface area contributed by atoms with Crippen molar-refractivity contribution in [3.8, 4) is 0 Å². The largest absolute Gasteiger partial charge is 0.369 e. The number of aromatic nitrogens is 3. The molecular weight excluding hydrogens is 364 g/mol. The standard InChI is InChI=1S/C22H32N6O/c1-17-15-19(26-13-11-25(3)12-14-26)16-20(24-17)21-5-4-9-27(21)22(29)7-10-28-18(2)6-8-23-28/h6,8,15-16,21H,4-5,7,9-14H2,1-3H3/t21-/m0/s1. The molecule has 2 aromatic rings. The Morgan fingerprint density at radius 1 is 1.14 bits per heavy atom. The number of hydrogen-bond donors (Lipinski definition) is 0. The molecule has 0 N–H and O–H groups in total. The Hall–Kier alpha value is -2.41. The maximum atomic E-state index is 13.0. The molecule has 2 saturated heterocycles. The number of likely N-dealkylation sites (N-methyl/N-ethyl adjacent to an activating group) is 1. The van der Waals surface area contributed by atoms with Crippen LogP contribution < -0.4 is 4.90 Å². The van der Waals surface area contributed by atoms with E-state index in [0.717, 1.165) is 62.6 Å². The van der Waals surface area contributed by atoms with E-state index in [-0.39, 0.29) is 11.9 Å². The number of aryl methyl sites for hydroxylation is 3. The minimum absolute atomic E-state index is 0.0901. The number of anilines is 1. The minimum Gasteiger partial charge on any atom is -0.369 e. The number of pyridine rings is 1. The van der Waals surface area contributed by atoms with Crippen molar-refractivity contribution < 1.29 is 4.79 Å². The van der Waals surface area contributed by atoms with Crippen molar-refractivity contribution >= 4 is 11.6 Å². The SMILES string of the molecule is Cc1cc(N2CCN(C)CC2)cc([C@@H]2CCCN2C(=O)CCn2nccc2C)n1. The molecule has 1 atom stereocenters. The van der Waals surface area contributed by atoms with E-state index in [1.54, 1.807) is 6.20 Å².